The van der Waals surface area contributed by atoms with Crippen LogP contribution in [0.3, 0.4) is 0 Å². The molecule has 2 aromatic carbocycles. The van der Waals surface area contributed by atoms with Crippen molar-refractivity contribution in [3.8, 4) is 5.75 Å². The van der Waals surface area contributed by atoms with E-state index in [1.165, 1.54) is 0 Å². The van der Waals surface area contributed by atoms with Gasteiger partial charge in [-0.2, -0.15) is 0 Å². The predicted octanol–water partition coefficient (Wildman–Crippen LogP) is 2.70. The number of aliphatic hydroxyl groups excluding tert-OH is 1. The number of nitrogens with one attached hydrogen (secondary N) is 2. The van der Waals surface area contributed by atoms with E-state index in [1.807, 2.05) is 42.5 Å². The smallest absolute Gasteiger partial charge is 0.320 e. The van der Waals surface area contributed by atoms with Gasteiger partial charge in [-0.15, -0.1) is 0 Å². The van der Waals surface area contributed by atoms with Gasteiger partial charge < -0.3 is 19.7 Å². The highest BCUT2D eigenvalue weighted by Gasteiger charge is 2.10. The summed E-state index contributed by atoms with van der Waals surface area (Å²) >= 11 is 0. The number of fused-ring (bicyclic) bond motifs is 1. The molecule has 3 aromatic rings. The lowest BCUT2D eigenvalue weighted by Gasteiger charge is -2.14. The molecule has 7 nitrogen and oxygen atoms in total. The van der Waals surface area contributed by atoms with E-state index in [-0.39, 0.29) is 13.2 Å². The number of aromatic nitrogens is 1. The van der Waals surface area contributed by atoms with E-state index in [9.17, 15) is 9.90 Å². The molecule has 1 heterocycles. The Kier molecular flexibility index (Phi) is 5.15. The van der Waals surface area contributed by atoms with Gasteiger partial charge in [-0.25, -0.2) is 4.79 Å². The fraction of sp³-hybridized carbons (Fsp3) is 0.222. The molecule has 0 aliphatic heterocycles. The Morgan fingerprint density at radius 2 is 2.08 bits per heavy atom. The Morgan fingerprint density at radius 1 is 1.28 bits per heavy atom. The van der Waals surface area contributed by atoms with E-state index < -0.39 is 12.1 Å². The molecule has 7 heteroatoms. The van der Waals surface area contributed by atoms with Crippen LogP contribution in [0.1, 0.15) is 5.76 Å². The van der Waals surface area contributed by atoms with Crippen LogP contribution in [-0.4, -0.2) is 35.5 Å². The number of anilines is 1. The highest BCUT2D eigenvalue weighted by Crippen LogP contribution is 2.25. The van der Waals surface area contributed by atoms with Gasteiger partial charge in [0.05, 0.1) is 0 Å². The predicted molar refractivity (Wildman–Crippen MR) is 93.7 cm³/mol. The Morgan fingerprint density at radius 3 is 2.88 bits per heavy atom. The van der Waals surface area contributed by atoms with Crippen molar-refractivity contribution in [3.63, 3.8) is 0 Å². The van der Waals surface area contributed by atoms with Gasteiger partial charge in [0, 0.05) is 18.0 Å². The second-order valence-electron chi connectivity index (χ2n) is 5.60. The molecule has 3 rings (SSSR count). The molecule has 0 fully saturated rings. The summed E-state index contributed by atoms with van der Waals surface area (Å²) in [6.07, 6.45) is -0.844. The number of carbonyl (C=O) groups excluding carboxylic acids is 1. The molecule has 1 unspecified atom stereocenters. The van der Waals surface area contributed by atoms with Gasteiger partial charge in [0.2, 0.25) is 0 Å². The van der Waals surface area contributed by atoms with E-state index in [4.69, 9.17) is 9.26 Å². The average Bonchev–Trinajstić information content (AvgIpc) is 3.02. The highest BCUT2D eigenvalue weighted by molar-refractivity contribution is 5.88. The Labute approximate surface area is 144 Å². The molecular weight excluding hydrogens is 322 g/mol. The zero-order chi connectivity index (χ0) is 17.6. The van der Waals surface area contributed by atoms with Crippen molar-refractivity contribution in [2.45, 2.75) is 13.0 Å². The molecule has 25 heavy (non-hydrogen) atoms. The first-order valence-electron chi connectivity index (χ1n) is 7.88. The molecule has 1 aromatic heterocycles. The van der Waals surface area contributed by atoms with Gasteiger partial charge in [-0.05, 0) is 18.4 Å². The standard InChI is InChI=1S/C18H19N3O4/c1-12-9-17(21-25-12)20-18(23)19-10-14(22)11-24-16-8-4-6-13-5-2-3-7-15(13)16/h2-9,14,22H,10-11H2,1H3,(H2,19,20,21,23). The van der Waals surface area contributed by atoms with E-state index in [1.54, 1.807) is 13.0 Å². The maximum atomic E-state index is 11.7. The first kappa shape index (κ1) is 16.8. The summed E-state index contributed by atoms with van der Waals surface area (Å²) in [4.78, 5) is 11.7. The first-order chi connectivity index (χ1) is 12.1. The third kappa shape index (κ3) is 4.48. The van der Waals surface area contributed by atoms with Gasteiger partial charge in [0.15, 0.2) is 5.82 Å². The zero-order valence-corrected chi connectivity index (χ0v) is 13.7. The second-order valence-corrected chi connectivity index (χ2v) is 5.60. The van der Waals surface area contributed by atoms with Crippen molar-refractivity contribution < 1.29 is 19.2 Å². The fourth-order valence-electron chi connectivity index (χ4n) is 2.36. The van der Waals surface area contributed by atoms with Crippen LogP contribution in [0.4, 0.5) is 10.6 Å². The van der Waals surface area contributed by atoms with Crippen LogP contribution in [0.25, 0.3) is 10.8 Å². The van der Waals surface area contributed by atoms with Crippen LogP contribution in [-0.2, 0) is 0 Å². The number of hydrogen-bond donors (Lipinski definition) is 3. The van der Waals surface area contributed by atoms with Crippen LogP contribution in [0.2, 0.25) is 0 Å². The van der Waals surface area contributed by atoms with Crippen LogP contribution in [0.15, 0.2) is 53.1 Å². The number of amides is 2. The molecule has 0 saturated carbocycles. The number of rotatable bonds is 6. The van der Waals surface area contributed by atoms with Gasteiger partial charge in [-0.3, -0.25) is 5.32 Å². The molecule has 0 spiro atoms. The van der Waals surface area contributed by atoms with Crippen LogP contribution in [0, 0.1) is 6.92 Å². The number of ether oxygens (including phenoxy) is 1. The Hall–Kier alpha value is -3.06. The number of urea groups is 1. The molecule has 1 atom stereocenters. The van der Waals surface area contributed by atoms with Crippen LogP contribution >= 0.6 is 0 Å². The maximum Gasteiger partial charge on any atom is 0.320 e. The van der Waals surface area contributed by atoms with E-state index >= 15 is 0 Å². The zero-order valence-electron chi connectivity index (χ0n) is 13.7. The third-order valence-electron chi connectivity index (χ3n) is 3.55. The van der Waals surface area contributed by atoms with Crippen molar-refractivity contribution in [1.82, 2.24) is 10.5 Å². The summed E-state index contributed by atoms with van der Waals surface area (Å²) in [5.74, 6) is 1.61. The molecule has 3 N–H and O–H groups in total. The molecule has 0 aliphatic carbocycles. The quantitative estimate of drug-likeness (QED) is 0.640. The molecule has 0 aliphatic rings. The van der Waals surface area contributed by atoms with Crippen LogP contribution in [0.5, 0.6) is 5.75 Å². The first-order valence-corrected chi connectivity index (χ1v) is 7.88. The highest BCUT2D eigenvalue weighted by atomic mass is 16.5. The maximum absolute atomic E-state index is 11.7. The minimum absolute atomic E-state index is 0.0490. The van der Waals surface area contributed by atoms with Crippen molar-refractivity contribution >= 4 is 22.6 Å². The Balaban J connectivity index is 1.47. The topological polar surface area (TPSA) is 96.6 Å². The SMILES string of the molecule is Cc1cc(NC(=O)NCC(O)COc2cccc3ccccc23)no1. The minimum atomic E-state index is -0.844. The molecule has 0 bridgehead atoms. The summed E-state index contributed by atoms with van der Waals surface area (Å²) in [6, 6.07) is 14.7. The third-order valence-corrected chi connectivity index (χ3v) is 3.55. The van der Waals surface area contributed by atoms with Gasteiger partial charge in [0.1, 0.15) is 24.2 Å². The molecule has 2 amide bonds. The van der Waals surface area contributed by atoms with Crippen LogP contribution < -0.4 is 15.4 Å². The lowest BCUT2D eigenvalue weighted by molar-refractivity contribution is 0.109. The van der Waals surface area contributed by atoms with Gasteiger partial charge in [-0.1, -0.05) is 41.6 Å². The monoisotopic (exact) mass is 341 g/mol. The minimum Gasteiger partial charge on any atom is -0.490 e. The number of hydrogen-bond acceptors (Lipinski definition) is 5. The molecule has 0 saturated heterocycles. The van der Waals surface area contributed by atoms with E-state index in [0.29, 0.717) is 17.3 Å². The van der Waals surface area contributed by atoms with E-state index in [0.717, 1.165) is 10.8 Å². The van der Waals surface area contributed by atoms with Crippen molar-refractivity contribution in [1.29, 1.82) is 0 Å². The lowest BCUT2D eigenvalue weighted by atomic mass is 10.1. The van der Waals surface area contributed by atoms with Crippen molar-refractivity contribution in [3.05, 3.63) is 54.3 Å². The molecule has 130 valence electrons. The summed E-state index contributed by atoms with van der Waals surface area (Å²) in [5, 5.41) is 20.8. The number of benzene rings is 2. The summed E-state index contributed by atoms with van der Waals surface area (Å²) in [5.41, 5.74) is 0. The average molecular weight is 341 g/mol. The van der Waals surface area contributed by atoms with Gasteiger partial charge >= 0.3 is 6.03 Å². The molecule has 0 radical (unpaired) electrons. The van der Waals surface area contributed by atoms with Gasteiger partial charge in [0.25, 0.3) is 0 Å². The number of aryl methyl sites for hydroxylation is 1. The fourth-order valence-corrected chi connectivity index (χ4v) is 2.36. The lowest BCUT2D eigenvalue weighted by Crippen LogP contribution is -2.37. The molecular formula is C18H19N3O4. The van der Waals surface area contributed by atoms with Crippen molar-refractivity contribution in [2.75, 3.05) is 18.5 Å². The van der Waals surface area contributed by atoms with E-state index in [2.05, 4.69) is 15.8 Å². The Bertz CT molecular complexity index is 857. The number of carbonyl (C=O) groups is 1. The summed E-state index contributed by atoms with van der Waals surface area (Å²) in [6.45, 7) is 1.84. The van der Waals surface area contributed by atoms with Crippen molar-refractivity contribution in [2.24, 2.45) is 0 Å². The number of aliphatic hydroxyl groups is 1. The normalized spacial score (nSPS) is 11.9. The largest absolute Gasteiger partial charge is 0.490 e. The summed E-state index contributed by atoms with van der Waals surface area (Å²) < 4.78 is 10.5. The summed E-state index contributed by atoms with van der Waals surface area (Å²) in [7, 11) is 0. The second kappa shape index (κ2) is 7.67. The number of nitrogens with zero attached hydrogens (tertiary/aromatic N) is 1.